The molecule has 3 fully saturated rings. The van der Waals surface area contributed by atoms with E-state index in [2.05, 4.69) is 27.4 Å². The fraction of sp³-hybridized carbons (Fsp3) is 0.550. The average molecular weight is 783 g/mol. The molecule has 5 heterocycles. The molecule has 10 nitrogen and oxygen atoms in total. The molecule has 4 aromatic rings. The number of carbonyl (C=O) groups is 1. The van der Waals surface area contributed by atoms with E-state index in [0.29, 0.717) is 28.0 Å². The van der Waals surface area contributed by atoms with Gasteiger partial charge < -0.3 is 19.9 Å². The summed E-state index contributed by atoms with van der Waals surface area (Å²) in [5.74, 6) is -2.66. The number of rotatable bonds is 10. The van der Waals surface area contributed by atoms with Crippen molar-refractivity contribution in [2.24, 2.45) is 0 Å². The topological polar surface area (TPSA) is 111 Å². The van der Waals surface area contributed by atoms with Crippen LogP contribution in [0.4, 0.5) is 34.8 Å². The third-order valence-electron chi connectivity index (χ3n) is 12.3. The van der Waals surface area contributed by atoms with E-state index in [1.165, 1.54) is 25.7 Å². The number of likely N-dealkylation sites (tertiary alicyclic amines) is 1. The van der Waals surface area contributed by atoms with E-state index in [1.807, 2.05) is 43.2 Å². The number of nitrogens with one attached hydrogen (secondary N) is 2. The van der Waals surface area contributed by atoms with Crippen molar-refractivity contribution in [3.05, 3.63) is 58.6 Å². The summed E-state index contributed by atoms with van der Waals surface area (Å²) in [5.41, 5.74) is 0.288. The van der Waals surface area contributed by atoms with Crippen LogP contribution in [-0.2, 0) is 10.2 Å². The van der Waals surface area contributed by atoms with Crippen molar-refractivity contribution in [2.75, 3.05) is 23.3 Å². The van der Waals surface area contributed by atoms with Crippen molar-refractivity contribution in [3.8, 4) is 11.3 Å². The van der Waals surface area contributed by atoms with Crippen molar-refractivity contribution in [1.82, 2.24) is 29.7 Å². The number of fused-ring (bicyclic) bond motifs is 2. The minimum absolute atomic E-state index is 0.00499. The first kappa shape index (κ1) is 38.0. The summed E-state index contributed by atoms with van der Waals surface area (Å²) in [6, 6.07) is 4.72. The number of aliphatic hydroxyl groups excluding tert-OH is 1. The van der Waals surface area contributed by atoms with Gasteiger partial charge in [0, 0.05) is 34.9 Å². The molecule has 0 spiro atoms. The first-order valence-electron chi connectivity index (χ1n) is 19.2. The van der Waals surface area contributed by atoms with E-state index >= 15 is 8.78 Å². The smallest absolute Gasteiger partial charge is 0.256 e. The fourth-order valence-electron chi connectivity index (χ4n) is 8.78. The second-order valence-electron chi connectivity index (χ2n) is 16.9. The van der Waals surface area contributed by atoms with E-state index in [9.17, 15) is 18.7 Å². The minimum Gasteiger partial charge on any atom is -0.374 e. The third-order valence-corrected chi connectivity index (χ3v) is 12.7. The molecule has 0 radical (unpaired) electrons. The van der Waals surface area contributed by atoms with E-state index in [4.69, 9.17) is 21.6 Å². The van der Waals surface area contributed by atoms with Crippen molar-refractivity contribution in [3.63, 3.8) is 0 Å². The largest absolute Gasteiger partial charge is 0.374 e. The van der Waals surface area contributed by atoms with Crippen molar-refractivity contribution in [1.29, 1.82) is 0 Å². The molecule has 294 valence electrons. The van der Waals surface area contributed by atoms with Crippen molar-refractivity contribution < 1.29 is 27.5 Å². The Kier molecular flexibility index (Phi) is 9.45. The van der Waals surface area contributed by atoms with Gasteiger partial charge in [-0.3, -0.25) is 20.0 Å². The zero-order valence-corrected chi connectivity index (χ0v) is 32.5. The van der Waals surface area contributed by atoms with Crippen LogP contribution in [0.25, 0.3) is 22.3 Å². The van der Waals surface area contributed by atoms with Gasteiger partial charge in [0.1, 0.15) is 11.7 Å². The highest BCUT2D eigenvalue weighted by Crippen LogP contribution is 2.50. The number of nitrogens with zero attached hydrogens (tertiary/aromatic N) is 6. The molecule has 55 heavy (non-hydrogen) atoms. The van der Waals surface area contributed by atoms with Crippen molar-refractivity contribution >= 4 is 45.7 Å². The normalized spacial score (nSPS) is 24.0. The molecular weight excluding hydrogens is 736 g/mol. The van der Waals surface area contributed by atoms with Gasteiger partial charge in [-0.05, 0) is 104 Å². The molecule has 8 rings (SSSR count). The Morgan fingerprint density at radius 3 is 2.31 bits per heavy atom. The van der Waals surface area contributed by atoms with Crippen LogP contribution in [0, 0.1) is 11.6 Å². The Balaban J connectivity index is 1.16. The number of halogens is 5. The van der Waals surface area contributed by atoms with Gasteiger partial charge in [-0.2, -0.15) is 0 Å². The molecule has 1 aromatic carbocycles. The summed E-state index contributed by atoms with van der Waals surface area (Å²) in [6.45, 7) is 12.1. The monoisotopic (exact) mass is 782 g/mol. The predicted octanol–water partition coefficient (Wildman–Crippen LogP) is 8.55. The van der Waals surface area contributed by atoms with E-state index in [1.54, 1.807) is 18.6 Å². The second-order valence-corrected chi connectivity index (χ2v) is 17.3. The molecule has 2 aliphatic carbocycles. The van der Waals surface area contributed by atoms with Crippen LogP contribution in [0.5, 0.6) is 0 Å². The number of aromatic nitrogens is 4. The number of benzene rings is 1. The molecule has 2 aliphatic heterocycles. The molecule has 15 heteroatoms. The van der Waals surface area contributed by atoms with Crippen LogP contribution in [-0.4, -0.2) is 72.1 Å². The predicted molar refractivity (Wildman–Crippen MR) is 204 cm³/mol. The summed E-state index contributed by atoms with van der Waals surface area (Å²) >= 11 is 6.14. The highest BCUT2D eigenvalue weighted by Gasteiger charge is 2.55. The summed E-state index contributed by atoms with van der Waals surface area (Å²) in [5, 5.41) is 15.5. The molecule has 2 saturated carbocycles. The van der Waals surface area contributed by atoms with Gasteiger partial charge in [0.05, 0.1) is 50.6 Å². The highest BCUT2D eigenvalue weighted by molar-refractivity contribution is 6.31. The van der Waals surface area contributed by atoms with Crippen LogP contribution < -0.4 is 15.5 Å². The lowest BCUT2D eigenvalue weighted by atomic mass is 9.71. The number of hydrogen-bond acceptors (Lipinski definition) is 8. The van der Waals surface area contributed by atoms with Gasteiger partial charge in [-0.25, -0.2) is 27.5 Å². The summed E-state index contributed by atoms with van der Waals surface area (Å²) in [6.07, 6.45) is 5.56. The molecule has 4 aliphatic rings. The van der Waals surface area contributed by atoms with Crippen LogP contribution in [0.2, 0.25) is 5.02 Å². The van der Waals surface area contributed by atoms with Crippen LogP contribution in [0.3, 0.4) is 0 Å². The fourth-order valence-corrected chi connectivity index (χ4v) is 9.02. The Morgan fingerprint density at radius 2 is 1.67 bits per heavy atom. The lowest BCUT2D eigenvalue weighted by Crippen LogP contribution is -2.63. The Bertz CT molecular complexity index is 2160. The molecule has 1 saturated heterocycles. The zero-order valence-electron chi connectivity index (χ0n) is 31.7. The lowest BCUT2D eigenvalue weighted by molar-refractivity contribution is -0.123. The molecule has 3 N–H and O–H groups in total. The van der Waals surface area contributed by atoms with Gasteiger partial charge in [-0.1, -0.05) is 24.4 Å². The summed E-state index contributed by atoms with van der Waals surface area (Å²) in [7, 11) is 0. The zero-order chi connectivity index (χ0) is 39.2. The maximum Gasteiger partial charge on any atom is 0.256 e. The maximum absolute atomic E-state index is 15.6. The van der Waals surface area contributed by atoms with Crippen LogP contribution in [0.15, 0.2) is 30.7 Å². The molecule has 1 unspecified atom stereocenters. The first-order valence-corrected chi connectivity index (χ1v) is 19.6. The van der Waals surface area contributed by atoms with Gasteiger partial charge in [0.25, 0.3) is 6.43 Å². The number of alkyl halides is 2. The van der Waals surface area contributed by atoms with Gasteiger partial charge in [0.2, 0.25) is 5.91 Å². The number of anilines is 3. The van der Waals surface area contributed by atoms with Gasteiger partial charge in [0.15, 0.2) is 17.5 Å². The number of aliphatic hydroxyl groups is 1. The number of hydrogen-bond donors (Lipinski definition) is 3. The van der Waals surface area contributed by atoms with Gasteiger partial charge in [-0.15, -0.1) is 0 Å². The van der Waals surface area contributed by atoms with E-state index in [0.717, 1.165) is 37.7 Å². The molecule has 1 amide bonds. The minimum atomic E-state index is -2.77. The average Bonchev–Trinajstić information content (AvgIpc) is 3.83. The first-order chi connectivity index (χ1) is 26.0. The number of pyridine rings is 2. The van der Waals surface area contributed by atoms with E-state index < -0.39 is 46.0 Å². The van der Waals surface area contributed by atoms with Crippen molar-refractivity contribution in [2.45, 2.75) is 127 Å². The summed E-state index contributed by atoms with van der Waals surface area (Å²) < 4.78 is 60.2. The number of imidazole rings is 1. The molecular formula is C40H47ClF4N8O2. The Hall–Kier alpha value is -3.85. The Morgan fingerprint density at radius 1 is 0.982 bits per heavy atom. The quantitative estimate of drug-likeness (QED) is 0.0835. The second kappa shape index (κ2) is 13.7. The number of amides is 1. The lowest BCUT2D eigenvalue weighted by Gasteiger charge is -2.54. The number of carbonyl (C=O) groups excluding carboxylic acids is 1. The molecule has 1 atom stereocenters. The Labute approximate surface area is 322 Å². The third kappa shape index (κ3) is 6.37. The summed E-state index contributed by atoms with van der Waals surface area (Å²) in [4.78, 5) is 33.0. The standard InChI is InChI=1S/C40H47ClF4N8O2/c1-21(2)52-20-47-27-16-25(48-34(32(27)52)49-26-15-24(29(41)31(43)30(26)42)35(54)50-40(10-11-40)36(44)45)22-14-28-33(46-19-22)38(3,4)37(55)53(28)23-17-39(5,18-23)51-12-8-6-7-9-13-51/h14-16,19-21,23,35-36,50,54H,6-13,17-18H2,1-5H3,(H,48,49)/t23-,35?,39+. The van der Waals surface area contributed by atoms with Crippen LogP contribution in [0.1, 0.15) is 110 Å². The molecule has 0 bridgehead atoms. The SMILES string of the molecule is CC(C)n1cnc2cc(-c3cnc4c(c3)N([C@H]3C[C@@](C)(N5CCCCCC5)C3)C(=O)C4(C)C)nc(Nc3cc(C(O)NC4(C(F)F)CC4)c(Cl)c(F)c3F)c21. The van der Waals surface area contributed by atoms with E-state index in [-0.39, 0.29) is 47.8 Å². The highest BCUT2D eigenvalue weighted by atomic mass is 35.5. The molecule has 3 aromatic heterocycles. The maximum atomic E-state index is 15.6. The van der Waals surface area contributed by atoms with Crippen LogP contribution >= 0.6 is 11.6 Å². The van der Waals surface area contributed by atoms with Gasteiger partial charge >= 0.3 is 0 Å².